The van der Waals surface area contributed by atoms with Crippen molar-refractivity contribution in [1.29, 1.82) is 0 Å². The molecule has 8 nitrogen and oxygen atoms in total. The lowest BCUT2D eigenvalue weighted by Crippen LogP contribution is -2.56. The summed E-state index contributed by atoms with van der Waals surface area (Å²) in [5.41, 5.74) is 0.226. The topological polar surface area (TPSA) is 95.5 Å². The van der Waals surface area contributed by atoms with E-state index < -0.39 is 5.54 Å². The van der Waals surface area contributed by atoms with Gasteiger partial charge in [-0.05, 0) is 43.6 Å². The van der Waals surface area contributed by atoms with Gasteiger partial charge >= 0.3 is 6.03 Å². The minimum atomic E-state index is -0.923. The number of carbonyl (C=O) groups excluding carboxylic acids is 3. The number of piperidine rings is 1. The van der Waals surface area contributed by atoms with Gasteiger partial charge in [-0.15, -0.1) is 11.3 Å². The van der Waals surface area contributed by atoms with Crippen LogP contribution in [0.5, 0.6) is 0 Å². The fourth-order valence-electron chi connectivity index (χ4n) is 4.43. The number of amides is 4. The molecular weight excluding hydrogens is 434 g/mol. The van der Waals surface area contributed by atoms with Gasteiger partial charge in [-0.1, -0.05) is 24.8 Å². The van der Waals surface area contributed by atoms with E-state index in [-0.39, 0.29) is 30.3 Å². The van der Waals surface area contributed by atoms with Crippen LogP contribution in [0.15, 0.2) is 34.1 Å². The summed E-state index contributed by atoms with van der Waals surface area (Å²) >= 11 is 2.99. The SMILES string of the molecule is CC[C@@]1(C2CCN(C(=O)c3csc(SC)n3)CC2)NC(=O)N(Cc2ccccn2)C1=O. The summed E-state index contributed by atoms with van der Waals surface area (Å²) in [6.45, 7) is 3.17. The lowest BCUT2D eigenvalue weighted by molar-refractivity contribution is -0.134. The molecule has 0 aliphatic carbocycles. The van der Waals surface area contributed by atoms with E-state index in [1.54, 1.807) is 28.6 Å². The Hall–Kier alpha value is -2.46. The molecule has 1 N–H and O–H groups in total. The largest absolute Gasteiger partial charge is 0.337 e. The molecule has 0 radical (unpaired) electrons. The Kier molecular flexibility index (Phi) is 6.29. The van der Waals surface area contributed by atoms with Gasteiger partial charge in [-0.25, -0.2) is 9.78 Å². The third-order valence-electron chi connectivity index (χ3n) is 6.16. The molecule has 2 aliphatic rings. The molecule has 2 aromatic rings. The van der Waals surface area contributed by atoms with Gasteiger partial charge in [-0.3, -0.25) is 19.5 Å². The van der Waals surface area contributed by atoms with Crippen LogP contribution in [0.1, 0.15) is 42.4 Å². The molecule has 1 atom stereocenters. The number of hydrogen-bond donors (Lipinski definition) is 1. The number of carbonyl (C=O) groups is 3. The summed E-state index contributed by atoms with van der Waals surface area (Å²) in [5.74, 6) is -0.289. The number of likely N-dealkylation sites (tertiary alicyclic amines) is 1. The van der Waals surface area contributed by atoms with E-state index in [1.807, 2.05) is 19.2 Å². The van der Waals surface area contributed by atoms with Crippen molar-refractivity contribution in [1.82, 2.24) is 25.1 Å². The average Bonchev–Trinajstić information content (AvgIpc) is 3.38. The van der Waals surface area contributed by atoms with Crippen molar-refractivity contribution >= 4 is 40.9 Å². The van der Waals surface area contributed by atoms with Gasteiger partial charge in [0.15, 0.2) is 0 Å². The van der Waals surface area contributed by atoms with Crippen LogP contribution in [0.3, 0.4) is 0 Å². The predicted molar refractivity (Wildman–Crippen MR) is 119 cm³/mol. The van der Waals surface area contributed by atoms with Gasteiger partial charge in [0.05, 0.1) is 12.2 Å². The second-order valence-corrected chi connectivity index (χ2v) is 9.65. The molecule has 164 valence electrons. The molecule has 0 unspecified atom stereocenters. The highest BCUT2D eigenvalue weighted by Crippen LogP contribution is 2.37. The predicted octanol–water partition coefficient (Wildman–Crippen LogP) is 3.01. The Labute approximate surface area is 189 Å². The zero-order chi connectivity index (χ0) is 22.0. The Morgan fingerprint density at radius 2 is 2.10 bits per heavy atom. The summed E-state index contributed by atoms with van der Waals surface area (Å²) in [7, 11) is 0. The van der Waals surface area contributed by atoms with Crippen molar-refractivity contribution in [3.63, 3.8) is 0 Å². The highest BCUT2D eigenvalue weighted by Gasteiger charge is 2.55. The Morgan fingerprint density at radius 3 is 2.71 bits per heavy atom. The van der Waals surface area contributed by atoms with Crippen LogP contribution in [-0.4, -0.2) is 62.5 Å². The molecular formula is C21H25N5O3S2. The molecule has 2 aliphatic heterocycles. The standard InChI is InChI=1S/C21H25N5O3S2/c1-3-21(18(28)26(19(29)24-21)12-15-6-4-5-9-22-15)14-7-10-25(11-8-14)17(27)16-13-31-20(23-16)30-2/h4-6,9,13-14H,3,7-8,10-12H2,1-2H3,(H,24,29)/t21-/m0/s1. The number of nitrogens with zero attached hydrogens (tertiary/aromatic N) is 4. The van der Waals surface area contributed by atoms with E-state index in [4.69, 9.17) is 0 Å². The highest BCUT2D eigenvalue weighted by molar-refractivity contribution is 8.00. The van der Waals surface area contributed by atoms with Gasteiger partial charge in [-0.2, -0.15) is 0 Å². The van der Waals surface area contributed by atoms with Crippen LogP contribution in [0.2, 0.25) is 0 Å². The number of thioether (sulfide) groups is 1. The molecule has 0 bridgehead atoms. The second-order valence-electron chi connectivity index (χ2n) is 7.74. The highest BCUT2D eigenvalue weighted by atomic mass is 32.2. The van der Waals surface area contributed by atoms with Crippen molar-refractivity contribution in [2.24, 2.45) is 5.92 Å². The number of nitrogens with one attached hydrogen (secondary N) is 1. The van der Waals surface area contributed by atoms with Crippen LogP contribution in [-0.2, 0) is 11.3 Å². The Morgan fingerprint density at radius 1 is 1.32 bits per heavy atom. The van der Waals surface area contributed by atoms with Gasteiger partial charge in [0.2, 0.25) is 0 Å². The molecule has 0 aromatic carbocycles. The minimum absolute atomic E-state index is 0.0241. The summed E-state index contributed by atoms with van der Waals surface area (Å²) in [6.07, 6.45) is 5.41. The molecule has 4 amide bonds. The van der Waals surface area contributed by atoms with Crippen molar-refractivity contribution in [2.45, 2.75) is 42.6 Å². The number of aromatic nitrogens is 2. The van der Waals surface area contributed by atoms with Crippen LogP contribution in [0.4, 0.5) is 4.79 Å². The molecule has 4 heterocycles. The minimum Gasteiger partial charge on any atom is -0.337 e. The normalized spacial score (nSPS) is 22.1. The smallest absolute Gasteiger partial charge is 0.325 e. The van der Waals surface area contributed by atoms with E-state index in [0.29, 0.717) is 43.7 Å². The van der Waals surface area contributed by atoms with Crippen LogP contribution < -0.4 is 5.32 Å². The average molecular weight is 460 g/mol. The monoisotopic (exact) mass is 459 g/mol. The molecule has 2 saturated heterocycles. The van der Waals surface area contributed by atoms with Crippen LogP contribution >= 0.6 is 23.1 Å². The number of rotatable bonds is 6. The summed E-state index contributed by atoms with van der Waals surface area (Å²) in [6, 6.07) is 5.07. The van der Waals surface area contributed by atoms with E-state index >= 15 is 0 Å². The summed E-state index contributed by atoms with van der Waals surface area (Å²) < 4.78 is 0.871. The molecule has 31 heavy (non-hydrogen) atoms. The van der Waals surface area contributed by atoms with E-state index in [9.17, 15) is 14.4 Å². The molecule has 4 rings (SSSR count). The maximum Gasteiger partial charge on any atom is 0.325 e. The first-order valence-corrected chi connectivity index (χ1v) is 12.4. The van der Waals surface area contributed by atoms with Crippen molar-refractivity contribution < 1.29 is 14.4 Å². The zero-order valence-corrected chi connectivity index (χ0v) is 19.2. The second kappa shape index (κ2) is 8.96. The zero-order valence-electron chi connectivity index (χ0n) is 17.5. The van der Waals surface area contributed by atoms with Crippen LogP contribution in [0, 0.1) is 5.92 Å². The third kappa shape index (κ3) is 4.06. The molecule has 2 aromatic heterocycles. The number of hydrogen-bond acceptors (Lipinski definition) is 7. The Balaban J connectivity index is 1.44. The fraction of sp³-hybridized carbons (Fsp3) is 0.476. The van der Waals surface area contributed by atoms with Crippen molar-refractivity contribution in [3.05, 3.63) is 41.2 Å². The maximum absolute atomic E-state index is 13.4. The first kappa shape index (κ1) is 21.8. The first-order chi connectivity index (χ1) is 15.0. The number of imide groups is 1. The number of pyridine rings is 1. The van der Waals surface area contributed by atoms with Crippen molar-refractivity contribution in [3.8, 4) is 0 Å². The van der Waals surface area contributed by atoms with Crippen LogP contribution in [0.25, 0.3) is 0 Å². The van der Waals surface area contributed by atoms with Gasteiger partial charge in [0.1, 0.15) is 15.6 Å². The maximum atomic E-state index is 13.4. The molecule has 0 spiro atoms. The first-order valence-electron chi connectivity index (χ1n) is 10.3. The summed E-state index contributed by atoms with van der Waals surface area (Å²) in [4.78, 5) is 50.5. The van der Waals surface area contributed by atoms with E-state index in [2.05, 4.69) is 15.3 Å². The van der Waals surface area contributed by atoms with Gasteiger partial charge in [0.25, 0.3) is 11.8 Å². The number of thiazole rings is 1. The third-order valence-corrected chi connectivity index (χ3v) is 8.03. The molecule has 10 heteroatoms. The van der Waals surface area contributed by atoms with Crippen molar-refractivity contribution in [2.75, 3.05) is 19.3 Å². The Bertz CT molecular complexity index is 974. The lowest BCUT2D eigenvalue weighted by Gasteiger charge is -2.40. The van der Waals surface area contributed by atoms with Gasteiger partial charge < -0.3 is 10.2 Å². The van der Waals surface area contributed by atoms with Gasteiger partial charge in [0, 0.05) is 24.7 Å². The molecule has 2 fully saturated rings. The number of urea groups is 1. The fourth-order valence-corrected chi connectivity index (χ4v) is 5.67. The molecule has 0 saturated carbocycles. The van der Waals surface area contributed by atoms with E-state index in [0.717, 1.165) is 4.34 Å². The summed E-state index contributed by atoms with van der Waals surface area (Å²) in [5, 5.41) is 4.78. The quantitative estimate of drug-likeness (QED) is 0.527. The lowest BCUT2D eigenvalue weighted by atomic mass is 9.75. The van der Waals surface area contributed by atoms with E-state index in [1.165, 1.54) is 28.0 Å².